The number of furan rings is 1. The van der Waals surface area contributed by atoms with E-state index in [0.29, 0.717) is 11.3 Å². The maximum absolute atomic E-state index is 12.3. The van der Waals surface area contributed by atoms with Crippen molar-refractivity contribution in [2.75, 3.05) is 13.7 Å². The molecule has 5 nitrogen and oxygen atoms in total. The molecule has 2 aromatic rings. The number of amides is 1. The summed E-state index contributed by atoms with van der Waals surface area (Å²) in [5, 5.41) is 13.6. The first-order valence-corrected chi connectivity index (χ1v) is 7.27. The normalized spacial score (nSPS) is 13.2. The Hall–Kier alpha value is -2.01. The monoisotopic (exact) mass is 305 g/mol. The van der Waals surface area contributed by atoms with E-state index in [0.717, 1.165) is 10.9 Å². The molecular weight excluding hydrogens is 282 g/mol. The van der Waals surface area contributed by atoms with Crippen LogP contribution in [-0.4, -0.2) is 30.8 Å². The summed E-state index contributed by atoms with van der Waals surface area (Å²) >= 11 is 0. The molecule has 5 heteroatoms. The van der Waals surface area contributed by atoms with Gasteiger partial charge in [0, 0.05) is 17.5 Å². The maximum Gasteiger partial charge on any atom is 0.287 e. The van der Waals surface area contributed by atoms with Crippen molar-refractivity contribution in [3.05, 3.63) is 29.5 Å². The van der Waals surface area contributed by atoms with Crippen molar-refractivity contribution >= 4 is 16.9 Å². The summed E-state index contributed by atoms with van der Waals surface area (Å²) in [6.45, 7) is 7.77. The molecule has 0 saturated carbocycles. The number of rotatable bonds is 4. The Bertz CT molecular complexity index is 682. The van der Waals surface area contributed by atoms with Crippen molar-refractivity contribution in [2.45, 2.75) is 33.8 Å². The van der Waals surface area contributed by atoms with Crippen LogP contribution in [0.2, 0.25) is 0 Å². The lowest BCUT2D eigenvalue weighted by atomic mass is 9.89. The number of fused-ring (bicyclic) bond motifs is 1. The molecule has 0 aliphatic heterocycles. The van der Waals surface area contributed by atoms with Crippen LogP contribution in [0.3, 0.4) is 0 Å². The van der Waals surface area contributed by atoms with E-state index in [-0.39, 0.29) is 23.6 Å². The molecular formula is C17H23NO4. The highest BCUT2D eigenvalue weighted by atomic mass is 16.5. The number of hydrogen-bond donors (Lipinski definition) is 2. The van der Waals surface area contributed by atoms with E-state index in [1.807, 2.05) is 33.8 Å². The molecule has 22 heavy (non-hydrogen) atoms. The van der Waals surface area contributed by atoms with E-state index < -0.39 is 6.10 Å². The van der Waals surface area contributed by atoms with Gasteiger partial charge in [-0.15, -0.1) is 0 Å². The zero-order valence-electron chi connectivity index (χ0n) is 13.7. The highest BCUT2D eigenvalue weighted by Gasteiger charge is 2.24. The van der Waals surface area contributed by atoms with Crippen LogP contribution in [0.15, 0.2) is 22.6 Å². The van der Waals surface area contributed by atoms with Crippen LogP contribution in [0, 0.1) is 12.3 Å². The van der Waals surface area contributed by atoms with Crippen molar-refractivity contribution in [3.63, 3.8) is 0 Å². The van der Waals surface area contributed by atoms with E-state index >= 15 is 0 Å². The third kappa shape index (κ3) is 3.25. The van der Waals surface area contributed by atoms with Crippen molar-refractivity contribution in [3.8, 4) is 5.75 Å². The minimum absolute atomic E-state index is 0.183. The number of methoxy groups -OCH3 is 1. The van der Waals surface area contributed by atoms with E-state index in [1.165, 1.54) is 0 Å². The molecule has 0 aliphatic carbocycles. The highest BCUT2D eigenvalue weighted by molar-refractivity contribution is 5.99. The van der Waals surface area contributed by atoms with Crippen molar-refractivity contribution < 1.29 is 19.1 Å². The largest absolute Gasteiger partial charge is 0.497 e. The number of carbonyl (C=O) groups is 1. The van der Waals surface area contributed by atoms with Gasteiger partial charge in [-0.25, -0.2) is 0 Å². The summed E-state index contributed by atoms with van der Waals surface area (Å²) in [5.41, 5.74) is 1.11. The van der Waals surface area contributed by atoms with Gasteiger partial charge in [0.2, 0.25) is 0 Å². The van der Waals surface area contributed by atoms with E-state index in [1.54, 1.807) is 19.2 Å². The number of hydrogen-bond acceptors (Lipinski definition) is 4. The van der Waals surface area contributed by atoms with Crippen molar-refractivity contribution in [1.82, 2.24) is 5.32 Å². The summed E-state index contributed by atoms with van der Waals surface area (Å²) in [7, 11) is 1.60. The van der Waals surface area contributed by atoms with Gasteiger partial charge < -0.3 is 19.6 Å². The quantitative estimate of drug-likeness (QED) is 0.911. The van der Waals surface area contributed by atoms with Gasteiger partial charge in [0.05, 0.1) is 13.2 Å². The molecule has 2 N–H and O–H groups in total. The molecule has 1 aromatic carbocycles. The summed E-state index contributed by atoms with van der Waals surface area (Å²) < 4.78 is 10.8. The second-order valence-corrected chi connectivity index (χ2v) is 6.51. The fraction of sp³-hybridized carbons (Fsp3) is 0.471. The minimum atomic E-state index is -0.624. The van der Waals surface area contributed by atoms with Gasteiger partial charge >= 0.3 is 0 Å². The number of nitrogens with one attached hydrogen (secondary N) is 1. The molecule has 2 rings (SSSR count). The van der Waals surface area contributed by atoms with Crippen LogP contribution in [0.25, 0.3) is 11.0 Å². The van der Waals surface area contributed by atoms with E-state index in [2.05, 4.69) is 5.32 Å². The van der Waals surface area contributed by atoms with Gasteiger partial charge in [-0.3, -0.25) is 4.79 Å². The van der Waals surface area contributed by atoms with Gasteiger partial charge in [0.25, 0.3) is 5.91 Å². The Morgan fingerprint density at radius 3 is 2.68 bits per heavy atom. The lowest BCUT2D eigenvalue weighted by molar-refractivity contribution is 0.0579. The first-order chi connectivity index (χ1) is 10.2. The fourth-order valence-electron chi connectivity index (χ4n) is 2.12. The smallest absolute Gasteiger partial charge is 0.287 e. The predicted octanol–water partition coefficient (Wildman–Crippen LogP) is 2.89. The zero-order valence-corrected chi connectivity index (χ0v) is 13.7. The lowest BCUT2D eigenvalue weighted by Crippen LogP contribution is -2.39. The number of aryl methyl sites for hydroxylation is 1. The highest BCUT2D eigenvalue weighted by Crippen LogP contribution is 2.28. The number of aliphatic hydroxyl groups excluding tert-OH is 1. The van der Waals surface area contributed by atoms with Gasteiger partial charge in [-0.05, 0) is 30.5 Å². The second-order valence-electron chi connectivity index (χ2n) is 6.51. The van der Waals surface area contributed by atoms with Gasteiger partial charge in [-0.1, -0.05) is 20.8 Å². The third-order valence-corrected chi connectivity index (χ3v) is 3.81. The number of ether oxygens (including phenoxy) is 1. The van der Waals surface area contributed by atoms with Gasteiger partial charge in [-0.2, -0.15) is 0 Å². The summed E-state index contributed by atoms with van der Waals surface area (Å²) in [4.78, 5) is 12.3. The van der Waals surface area contributed by atoms with Crippen molar-refractivity contribution in [1.29, 1.82) is 0 Å². The summed E-state index contributed by atoms with van der Waals surface area (Å²) in [5.74, 6) is 0.659. The average Bonchev–Trinajstić information content (AvgIpc) is 2.80. The number of carbonyl (C=O) groups excluding carboxylic acids is 1. The SMILES string of the molecule is COc1ccc2oc(C(=O)NCC(O)C(C)(C)C)c(C)c2c1. The zero-order chi connectivity index (χ0) is 16.5. The Balaban J connectivity index is 2.20. The Kier molecular flexibility index (Phi) is 4.47. The fourth-order valence-corrected chi connectivity index (χ4v) is 2.12. The molecule has 0 radical (unpaired) electrons. The second kappa shape index (κ2) is 6.01. The standard InChI is InChI=1S/C17H23NO4/c1-10-12-8-11(21-5)6-7-13(12)22-15(10)16(20)18-9-14(19)17(2,3)4/h6-8,14,19H,9H2,1-5H3,(H,18,20). The molecule has 0 fully saturated rings. The molecule has 1 aromatic heterocycles. The van der Waals surface area contributed by atoms with Gasteiger partial charge in [0.1, 0.15) is 11.3 Å². The molecule has 0 bridgehead atoms. The molecule has 1 amide bonds. The third-order valence-electron chi connectivity index (χ3n) is 3.81. The molecule has 0 aliphatic rings. The molecule has 1 atom stereocenters. The van der Waals surface area contributed by atoms with E-state index in [4.69, 9.17) is 9.15 Å². The Morgan fingerprint density at radius 1 is 1.41 bits per heavy atom. The van der Waals surface area contributed by atoms with Crippen LogP contribution >= 0.6 is 0 Å². The molecule has 0 spiro atoms. The first-order valence-electron chi connectivity index (χ1n) is 7.27. The molecule has 1 heterocycles. The Morgan fingerprint density at radius 2 is 2.09 bits per heavy atom. The first kappa shape index (κ1) is 16.4. The van der Waals surface area contributed by atoms with Crippen LogP contribution < -0.4 is 10.1 Å². The Labute approximate surface area is 130 Å². The average molecular weight is 305 g/mol. The maximum atomic E-state index is 12.3. The minimum Gasteiger partial charge on any atom is -0.497 e. The summed E-state index contributed by atoms with van der Waals surface area (Å²) in [6.07, 6.45) is -0.624. The van der Waals surface area contributed by atoms with Crippen LogP contribution in [0.4, 0.5) is 0 Å². The molecule has 1 unspecified atom stereocenters. The summed E-state index contributed by atoms with van der Waals surface area (Å²) in [6, 6.07) is 5.41. The number of aliphatic hydroxyl groups is 1. The molecule has 0 saturated heterocycles. The molecule has 120 valence electrons. The number of benzene rings is 1. The van der Waals surface area contributed by atoms with Crippen LogP contribution in [-0.2, 0) is 0 Å². The predicted molar refractivity (Wildman–Crippen MR) is 85.3 cm³/mol. The van der Waals surface area contributed by atoms with Crippen LogP contribution in [0.1, 0.15) is 36.9 Å². The van der Waals surface area contributed by atoms with Gasteiger partial charge in [0.15, 0.2) is 5.76 Å². The lowest BCUT2D eigenvalue weighted by Gasteiger charge is -2.25. The van der Waals surface area contributed by atoms with Crippen LogP contribution in [0.5, 0.6) is 5.75 Å². The van der Waals surface area contributed by atoms with Crippen molar-refractivity contribution in [2.24, 2.45) is 5.41 Å². The topological polar surface area (TPSA) is 71.7 Å². The van der Waals surface area contributed by atoms with E-state index in [9.17, 15) is 9.90 Å².